The molecule has 22 heavy (non-hydrogen) atoms. The van der Waals surface area contributed by atoms with Gasteiger partial charge in [-0.15, -0.1) is 0 Å². The van der Waals surface area contributed by atoms with Gasteiger partial charge in [-0.3, -0.25) is 14.6 Å². The highest BCUT2D eigenvalue weighted by Crippen LogP contribution is 2.26. The number of rotatable bonds is 4. The first-order chi connectivity index (χ1) is 10.7. The Labute approximate surface area is 130 Å². The molecule has 3 heteroatoms. The van der Waals surface area contributed by atoms with Crippen molar-refractivity contribution >= 4 is 0 Å². The van der Waals surface area contributed by atoms with Crippen LogP contribution in [0.15, 0.2) is 59.4 Å². The van der Waals surface area contributed by atoms with Crippen LogP contribution in [0.3, 0.4) is 0 Å². The van der Waals surface area contributed by atoms with Crippen molar-refractivity contribution in [3.8, 4) is 16.9 Å². The first-order valence-corrected chi connectivity index (χ1v) is 7.67. The van der Waals surface area contributed by atoms with Crippen molar-refractivity contribution in [3.05, 3.63) is 76.1 Å². The van der Waals surface area contributed by atoms with Crippen LogP contribution in [0.2, 0.25) is 0 Å². The number of aromatic amines is 1. The van der Waals surface area contributed by atoms with E-state index in [1.165, 1.54) is 5.56 Å². The zero-order valence-corrected chi connectivity index (χ0v) is 13.0. The Balaban J connectivity index is 2.27. The van der Waals surface area contributed by atoms with Gasteiger partial charge in [0.25, 0.3) is 5.56 Å². The number of aryl methyl sites for hydroxylation is 1. The van der Waals surface area contributed by atoms with Gasteiger partial charge in [0, 0.05) is 11.1 Å². The summed E-state index contributed by atoms with van der Waals surface area (Å²) in [4.78, 5) is 12.4. The number of hydrogen-bond donors (Lipinski definition) is 1. The van der Waals surface area contributed by atoms with Crippen LogP contribution in [0.1, 0.15) is 24.5 Å². The number of nitrogens with one attached hydrogen (secondary N) is 1. The second kappa shape index (κ2) is 6.06. The smallest absolute Gasteiger partial charge is 0.268 e. The first-order valence-electron chi connectivity index (χ1n) is 7.67. The molecule has 0 aliphatic rings. The molecule has 0 saturated heterocycles. The van der Waals surface area contributed by atoms with Crippen LogP contribution in [0, 0.1) is 6.92 Å². The van der Waals surface area contributed by atoms with Crippen LogP contribution in [0.25, 0.3) is 16.9 Å². The van der Waals surface area contributed by atoms with Crippen LogP contribution >= 0.6 is 0 Å². The third kappa shape index (κ3) is 2.62. The van der Waals surface area contributed by atoms with Gasteiger partial charge in [-0.25, -0.2) is 0 Å². The van der Waals surface area contributed by atoms with Crippen molar-refractivity contribution < 1.29 is 0 Å². The largest absolute Gasteiger partial charge is 0.268 e. The lowest BCUT2D eigenvalue weighted by Crippen LogP contribution is -2.06. The van der Waals surface area contributed by atoms with E-state index >= 15 is 0 Å². The summed E-state index contributed by atoms with van der Waals surface area (Å²) in [5.74, 6) is 0. The molecule has 0 amide bonds. The molecule has 0 saturated carbocycles. The number of aromatic nitrogens is 2. The van der Waals surface area contributed by atoms with Gasteiger partial charge in [-0.05, 0) is 31.5 Å². The third-order valence-electron chi connectivity index (χ3n) is 3.80. The van der Waals surface area contributed by atoms with Crippen LogP contribution in [0.4, 0.5) is 0 Å². The molecule has 1 heterocycles. The highest BCUT2D eigenvalue weighted by atomic mass is 16.1. The molecule has 2 aromatic carbocycles. The van der Waals surface area contributed by atoms with Crippen molar-refractivity contribution in [2.75, 3.05) is 0 Å². The van der Waals surface area contributed by atoms with E-state index in [0.717, 1.165) is 35.3 Å². The second-order valence-electron chi connectivity index (χ2n) is 5.56. The zero-order chi connectivity index (χ0) is 15.5. The van der Waals surface area contributed by atoms with Crippen LogP contribution in [-0.2, 0) is 6.42 Å². The summed E-state index contributed by atoms with van der Waals surface area (Å²) in [6.07, 6.45) is 1.72. The minimum Gasteiger partial charge on any atom is -0.268 e. The van der Waals surface area contributed by atoms with Crippen molar-refractivity contribution in [2.24, 2.45) is 0 Å². The monoisotopic (exact) mass is 292 g/mol. The lowest BCUT2D eigenvalue weighted by atomic mass is 10.0. The Bertz CT molecular complexity index is 828. The predicted octanol–water partition coefficient (Wildman–Crippen LogP) is 4.09. The average Bonchev–Trinajstić information content (AvgIpc) is 2.86. The highest BCUT2D eigenvalue weighted by Gasteiger charge is 2.17. The van der Waals surface area contributed by atoms with Crippen molar-refractivity contribution in [3.63, 3.8) is 0 Å². The SMILES string of the molecule is CCCc1c(-c2cccc(C)c2)n(-c2ccccc2)[nH]c1=O. The van der Waals surface area contributed by atoms with Crippen LogP contribution in [0.5, 0.6) is 0 Å². The molecule has 3 rings (SSSR count). The molecule has 0 aliphatic carbocycles. The summed E-state index contributed by atoms with van der Waals surface area (Å²) >= 11 is 0. The maximum Gasteiger partial charge on any atom is 0.268 e. The number of hydrogen-bond acceptors (Lipinski definition) is 1. The van der Waals surface area contributed by atoms with E-state index in [-0.39, 0.29) is 5.56 Å². The van der Waals surface area contributed by atoms with Gasteiger partial charge in [0.15, 0.2) is 0 Å². The maximum absolute atomic E-state index is 12.4. The quantitative estimate of drug-likeness (QED) is 0.772. The molecule has 1 aromatic heterocycles. The molecule has 0 bridgehead atoms. The average molecular weight is 292 g/mol. The molecule has 112 valence electrons. The maximum atomic E-state index is 12.4. The summed E-state index contributed by atoms with van der Waals surface area (Å²) in [5, 5.41) is 2.99. The molecule has 0 fully saturated rings. The number of nitrogens with zero attached hydrogens (tertiary/aromatic N) is 1. The van der Waals surface area contributed by atoms with Crippen LogP contribution in [-0.4, -0.2) is 9.78 Å². The number of H-pyrrole nitrogens is 1. The zero-order valence-electron chi connectivity index (χ0n) is 13.0. The summed E-state index contributed by atoms with van der Waals surface area (Å²) in [6.45, 7) is 4.17. The minimum absolute atomic E-state index is 0.00205. The molecule has 1 N–H and O–H groups in total. The van der Waals surface area contributed by atoms with Gasteiger partial charge >= 0.3 is 0 Å². The Kier molecular flexibility index (Phi) is 3.96. The lowest BCUT2D eigenvalue weighted by Gasteiger charge is -2.11. The Morgan fingerprint density at radius 1 is 1.05 bits per heavy atom. The third-order valence-corrected chi connectivity index (χ3v) is 3.80. The van der Waals surface area contributed by atoms with E-state index in [1.54, 1.807) is 0 Å². The van der Waals surface area contributed by atoms with Gasteiger partial charge in [0.05, 0.1) is 11.4 Å². The molecular formula is C19H20N2O. The molecular weight excluding hydrogens is 272 g/mol. The lowest BCUT2D eigenvalue weighted by molar-refractivity contribution is 0.871. The van der Waals surface area contributed by atoms with E-state index < -0.39 is 0 Å². The molecule has 3 aromatic rings. The second-order valence-corrected chi connectivity index (χ2v) is 5.56. The fraction of sp³-hybridized carbons (Fsp3) is 0.211. The Hall–Kier alpha value is -2.55. The molecule has 0 aliphatic heterocycles. The number of benzene rings is 2. The highest BCUT2D eigenvalue weighted by molar-refractivity contribution is 5.66. The van der Waals surface area contributed by atoms with Gasteiger partial charge in [-0.1, -0.05) is 55.3 Å². The van der Waals surface area contributed by atoms with E-state index in [1.807, 2.05) is 41.1 Å². The summed E-state index contributed by atoms with van der Waals surface area (Å²) in [6, 6.07) is 18.2. The van der Waals surface area contributed by atoms with Crippen molar-refractivity contribution in [2.45, 2.75) is 26.7 Å². The van der Waals surface area contributed by atoms with E-state index in [2.05, 4.69) is 37.1 Å². The van der Waals surface area contributed by atoms with Gasteiger partial charge in [-0.2, -0.15) is 0 Å². The topological polar surface area (TPSA) is 37.8 Å². The first kappa shape index (κ1) is 14.4. The molecule has 0 atom stereocenters. The Morgan fingerprint density at radius 3 is 2.50 bits per heavy atom. The van der Waals surface area contributed by atoms with E-state index in [0.29, 0.717) is 0 Å². The molecule has 0 unspecified atom stereocenters. The van der Waals surface area contributed by atoms with E-state index in [4.69, 9.17) is 0 Å². The van der Waals surface area contributed by atoms with Gasteiger partial charge in [0.2, 0.25) is 0 Å². The molecule has 0 radical (unpaired) electrons. The summed E-state index contributed by atoms with van der Waals surface area (Å²) in [5.41, 5.74) is 5.07. The van der Waals surface area contributed by atoms with Gasteiger partial charge < -0.3 is 0 Å². The van der Waals surface area contributed by atoms with Crippen LogP contribution < -0.4 is 5.56 Å². The molecule has 3 nitrogen and oxygen atoms in total. The summed E-state index contributed by atoms with van der Waals surface area (Å²) < 4.78 is 1.90. The fourth-order valence-corrected chi connectivity index (χ4v) is 2.82. The predicted molar refractivity (Wildman–Crippen MR) is 90.6 cm³/mol. The van der Waals surface area contributed by atoms with Crippen molar-refractivity contribution in [1.29, 1.82) is 0 Å². The normalized spacial score (nSPS) is 10.8. The fourth-order valence-electron chi connectivity index (χ4n) is 2.82. The molecule has 0 spiro atoms. The minimum atomic E-state index is 0.00205. The van der Waals surface area contributed by atoms with E-state index in [9.17, 15) is 4.79 Å². The standard InChI is InChI=1S/C19H20N2O/c1-3-8-17-18(15-10-7-9-14(2)13-15)21(20-19(17)22)16-11-5-4-6-12-16/h4-7,9-13H,3,8H2,1-2H3,(H,20,22). The summed E-state index contributed by atoms with van der Waals surface area (Å²) in [7, 11) is 0. The van der Waals surface area contributed by atoms with Crippen molar-refractivity contribution in [1.82, 2.24) is 9.78 Å². The van der Waals surface area contributed by atoms with Gasteiger partial charge in [0.1, 0.15) is 0 Å². The Morgan fingerprint density at radius 2 is 1.82 bits per heavy atom. The number of para-hydroxylation sites is 1.